The van der Waals surface area contributed by atoms with E-state index in [4.69, 9.17) is 9.47 Å². The van der Waals surface area contributed by atoms with Crippen molar-refractivity contribution in [3.05, 3.63) is 41.1 Å². The Labute approximate surface area is 123 Å². The van der Waals surface area contributed by atoms with Crippen molar-refractivity contribution < 1.29 is 19.1 Å². The highest BCUT2D eigenvalue weighted by molar-refractivity contribution is 5.95. The van der Waals surface area contributed by atoms with Gasteiger partial charge in [-0.1, -0.05) is 18.2 Å². The zero-order chi connectivity index (χ0) is 15.4. The molecule has 1 aliphatic rings. The molecule has 0 saturated carbocycles. The van der Waals surface area contributed by atoms with Gasteiger partial charge >= 0.3 is 12.0 Å². The highest BCUT2D eigenvalue weighted by Gasteiger charge is 2.33. The maximum atomic E-state index is 12.0. The van der Waals surface area contributed by atoms with Crippen LogP contribution in [0.3, 0.4) is 0 Å². The second-order valence-corrected chi connectivity index (χ2v) is 4.53. The van der Waals surface area contributed by atoms with Crippen molar-refractivity contribution in [3.8, 4) is 5.75 Å². The number of methoxy groups -OCH3 is 1. The number of ether oxygens (including phenoxy) is 2. The van der Waals surface area contributed by atoms with Gasteiger partial charge in [0.2, 0.25) is 0 Å². The highest BCUT2D eigenvalue weighted by Crippen LogP contribution is 2.33. The third-order valence-corrected chi connectivity index (χ3v) is 3.20. The second-order valence-electron chi connectivity index (χ2n) is 4.53. The minimum Gasteiger partial charge on any atom is -0.494 e. The lowest BCUT2D eigenvalue weighted by Crippen LogP contribution is -2.45. The Hall–Kier alpha value is -2.50. The molecule has 2 N–H and O–H groups in total. The molecule has 0 radical (unpaired) electrons. The van der Waals surface area contributed by atoms with E-state index in [0.29, 0.717) is 29.2 Å². The van der Waals surface area contributed by atoms with E-state index < -0.39 is 12.0 Å². The second kappa shape index (κ2) is 6.30. The molecule has 2 amide bonds. The number of hydrogen-bond acceptors (Lipinski definition) is 4. The number of urea groups is 1. The summed E-state index contributed by atoms with van der Waals surface area (Å²) in [6, 6.07) is 6.32. The van der Waals surface area contributed by atoms with Gasteiger partial charge in [-0.2, -0.15) is 0 Å². The van der Waals surface area contributed by atoms with Crippen LogP contribution in [0.5, 0.6) is 5.75 Å². The van der Waals surface area contributed by atoms with E-state index in [2.05, 4.69) is 10.6 Å². The van der Waals surface area contributed by atoms with Gasteiger partial charge in [0, 0.05) is 11.3 Å². The predicted octanol–water partition coefficient (Wildman–Crippen LogP) is 1.89. The van der Waals surface area contributed by atoms with Crippen LogP contribution in [0.2, 0.25) is 0 Å². The molecule has 0 unspecified atom stereocenters. The molecule has 112 valence electrons. The molecule has 0 spiro atoms. The molecule has 1 aromatic rings. The Morgan fingerprint density at radius 1 is 1.33 bits per heavy atom. The minimum absolute atomic E-state index is 0.364. The van der Waals surface area contributed by atoms with E-state index in [-0.39, 0.29) is 6.03 Å². The van der Waals surface area contributed by atoms with Crippen LogP contribution in [0, 0.1) is 0 Å². The van der Waals surface area contributed by atoms with Gasteiger partial charge < -0.3 is 20.1 Å². The largest absolute Gasteiger partial charge is 0.494 e. The van der Waals surface area contributed by atoms with Crippen molar-refractivity contribution in [2.45, 2.75) is 19.9 Å². The highest BCUT2D eigenvalue weighted by atomic mass is 16.5. The van der Waals surface area contributed by atoms with Crippen LogP contribution in [-0.2, 0) is 9.53 Å². The van der Waals surface area contributed by atoms with Crippen molar-refractivity contribution in [1.82, 2.24) is 10.6 Å². The summed E-state index contributed by atoms with van der Waals surface area (Å²) in [6.45, 7) is 4.04. The number of carbonyl (C=O) groups excluding carboxylic acids is 2. The third-order valence-electron chi connectivity index (χ3n) is 3.20. The lowest BCUT2D eigenvalue weighted by atomic mass is 9.95. The fourth-order valence-corrected chi connectivity index (χ4v) is 2.31. The zero-order valence-corrected chi connectivity index (χ0v) is 12.2. The van der Waals surface area contributed by atoms with Gasteiger partial charge in [-0.15, -0.1) is 0 Å². The number of para-hydroxylation sites is 1. The first kappa shape index (κ1) is 14.9. The van der Waals surface area contributed by atoms with Crippen molar-refractivity contribution in [3.63, 3.8) is 0 Å². The Morgan fingerprint density at radius 2 is 2.05 bits per heavy atom. The Kier molecular flexibility index (Phi) is 4.47. The normalized spacial score (nSPS) is 17.9. The molecule has 6 heteroatoms. The van der Waals surface area contributed by atoms with Crippen LogP contribution in [0.15, 0.2) is 35.5 Å². The molecule has 2 rings (SSSR count). The number of benzene rings is 1. The topological polar surface area (TPSA) is 76.7 Å². The molecular formula is C15H18N2O4. The smallest absolute Gasteiger partial charge is 0.337 e. The number of hydrogen-bond donors (Lipinski definition) is 2. The SMILES string of the molecule is CCOc1ccccc1[C@H]1NC(=O)NC(C)=C1C(=O)OC. The maximum Gasteiger partial charge on any atom is 0.337 e. The molecule has 0 aromatic heterocycles. The summed E-state index contributed by atoms with van der Waals surface area (Å²) >= 11 is 0. The van der Waals surface area contributed by atoms with Crippen LogP contribution in [-0.4, -0.2) is 25.7 Å². The first-order valence-corrected chi connectivity index (χ1v) is 6.66. The lowest BCUT2D eigenvalue weighted by molar-refractivity contribution is -0.136. The summed E-state index contributed by atoms with van der Waals surface area (Å²) < 4.78 is 10.4. The summed E-state index contributed by atoms with van der Waals surface area (Å²) in [4.78, 5) is 23.8. The molecule has 1 aromatic carbocycles. The van der Waals surface area contributed by atoms with E-state index in [0.717, 1.165) is 0 Å². The fourth-order valence-electron chi connectivity index (χ4n) is 2.31. The van der Waals surface area contributed by atoms with Crippen molar-refractivity contribution in [2.24, 2.45) is 0 Å². The molecule has 1 atom stereocenters. The summed E-state index contributed by atoms with van der Waals surface area (Å²) in [5.41, 5.74) is 1.56. The quantitative estimate of drug-likeness (QED) is 0.830. The molecular weight excluding hydrogens is 272 g/mol. The van der Waals surface area contributed by atoms with Gasteiger partial charge in [0.25, 0.3) is 0 Å². The lowest BCUT2D eigenvalue weighted by Gasteiger charge is -2.28. The zero-order valence-electron chi connectivity index (χ0n) is 12.2. The van der Waals surface area contributed by atoms with Gasteiger partial charge in [0.05, 0.1) is 25.3 Å². The van der Waals surface area contributed by atoms with Crippen LogP contribution >= 0.6 is 0 Å². The molecule has 0 aliphatic carbocycles. The Bertz CT molecular complexity index is 595. The number of rotatable bonds is 4. The van der Waals surface area contributed by atoms with Crippen LogP contribution in [0.25, 0.3) is 0 Å². The maximum absolute atomic E-state index is 12.0. The van der Waals surface area contributed by atoms with Crippen molar-refractivity contribution >= 4 is 12.0 Å². The van der Waals surface area contributed by atoms with E-state index >= 15 is 0 Å². The average molecular weight is 290 g/mol. The Morgan fingerprint density at radius 3 is 2.71 bits per heavy atom. The van der Waals surface area contributed by atoms with Crippen LogP contribution in [0.4, 0.5) is 4.79 Å². The van der Waals surface area contributed by atoms with Crippen LogP contribution < -0.4 is 15.4 Å². The monoisotopic (exact) mass is 290 g/mol. The summed E-state index contributed by atoms with van der Waals surface area (Å²) in [6.07, 6.45) is 0. The standard InChI is InChI=1S/C15H18N2O4/c1-4-21-11-8-6-5-7-10(11)13-12(14(18)20-3)9(2)16-15(19)17-13/h5-8,13H,4H2,1-3H3,(H2,16,17,19)/t13-/m1/s1. The van der Waals surface area contributed by atoms with Gasteiger partial charge in [-0.25, -0.2) is 9.59 Å². The van der Waals surface area contributed by atoms with Gasteiger partial charge in [0.1, 0.15) is 5.75 Å². The number of amides is 2. The molecule has 6 nitrogen and oxygen atoms in total. The number of allylic oxidation sites excluding steroid dienone is 1. The van der Waals surface area contributed by atoms with E-state index in [1.54, 1.807) is 13.0 Å². The summed E-state index contributed by atoms with van der Waals surface area (Å²) in [5.74, 6) is 0.137. The number of carbonyl (C=O) groups is 2. The first-order chi connectivity index (χ1) is 10.1. The average Bonchev–Trinajstić information content (AvgIpc) is 2.46. The number of nitrogens with one attached hydrogen (secondary N) is 2. The van der Waals surface area contributed by atoms with Crippen molar-refractivity contribution in [2.75, 3.05) is 13.7 Å². The van der Waals surface area contributed by atoms with Crippen LogP contribution in [0.1, 0.15) is 25.5 Å². The van der Waals surface area contributed by atoms with Gasteiger partial charge in [0.15, 0.2) is 0 Å². The first-order valence-electron chi connectivity index (χ1n) is 6.66. The molecule has 0 fully saturated rings. The molecule has 1 heterocycles. The van der Waals surface area contributed by atoms with E-state index in [1.807, 2.05) is 25.1 Å². The summed E-state index contributed by atoms with van der Waals surface area (Å²) in [5, 5.41) is 5.32. The fraction of sp³-hybridized carbons (Fsp3) is 0.333. The van der Waals surface area contributed by atoms with Gasteiger partial charge in [-0.3, -0.25) is 0 Å². The Balaban J connectivity index is 2.51. The third kappa shape index (κ3) is 2.99. The van der Waals surface area contributed by atoms with Gasteiger partial charge in [-0.05, 0) is 19.9 Å². The van der Waals surface area contributed by atoms with E-state index in [9.17, 15) is 9.59 Å². The molecule has 0 saturated heterocycles. The predicted molar refractivity (Wildman–Crippen MR) is 76.7 cm³/mol. The molecule has 21 heavy (non-hydrogen) atoms. The molecule has 1 aliphatic heterocycles. The minimum atomic E-state index is -0.603. The van der Waals surface area contributed by atoms with Crippen molar-refractivity contribution in [1.29, 1.82) is 0 Å². The number of esters is 1. The van der Waals surface area contributed by atoms with E-state index in [1.165, 1.54) is 7.11 Å². The molecule has 0 bridgehead atoms. The summed E-state index contributed by atoms with van der Waals surface area (Å²) in [7, 11) is 1.31.